The van der Waals surface area contributed by atoms with Gasteiger partial charge in [-0.1, -0.05) is 0 Å². The van der Waals surface area contributed by atoms with Gasteiger partial charge in [0, 0.05) is 38.4 Å². The molecule has 0 radical (unpaired) electrons. The lowest BCUT2D eigenvalue weighted by Gasteiger charge is -2.32. The van der Waals surface area contributed by atoms with Crippen LogP contribution in [0.5, 0.6) is 5.75 Å². The monoisotopic (exact) mass is 263 g/mol. The van der Waals surface area contributed by atoms with E-state index in [4.69, 9.17) is 10.5 Å². The van der Waals surface area contributed by atoms with Crippen LogP contribution in [0.2, 0.25) is 0 Å². The van der Waals surface area contributed by atoms with Crippen LogP contribution >= 0.6 is 0 Å². The van der Waals surface area contributed by atoms with Crippen molar-refractivity contribution in [2.24, 2.45) is 0 Å². The van der Waals surface area contributed by atoms with Crippen molar-refractivity contribution >= 4 is 5.69 Å². The van der Waals surface area contributed by atoms with Gasteiger partial charge in [0.05, 0.1) is 0 Å². The lowest BCUT2D eigenvalue weighted by molar-refractivity contribution is 0.133. The lowest BCUT2D eigenvalue weighted by Crippen LogP contribution is -2.45. The average molecular weight is 263 g/mol. The number of ether oxygens (including phenoxy) is 1. The van der Waals surface area contributed by atoms with Crippen molar-refractivity contribution in [3.8, 4) is 5.75 Å². The van der Waals surface area contributed by atoms with E-state index in [2.05, 4.69) is 30.7 Å². The number of piperazine rings is 1. The summed E-state index contributed by atoms with van der Waals surface area (Å²) in [5, 5.41) is 0. The molecule has 19 heavy (non-hydrogen) atoms. The Kier molecular flexibility index (Phi) is 4.66. The minimum absolute atomic E-state index is 0.745. The van der Waals surface area contributed by atoms with E-state index < -0.39 is 0 Å². The third-order valence-electron chi connectivity index (χ3n) is 3.73. The molecule has 2 N–H and O–H groups in total. The predicted molar refractivity (Wildman–Crippen MR) is 79.8 cm³/mol. The highest BCUT2D eigenvalue weighted by Gasteiger charge is 2.13. The van der Waals surface area contributed by atoms with Crippen molar-refractivity contribution in [2.75, 3.05) is 52.1 Å². The van der Waals surface area contributed by atoms with Crippen molar-refractivity contribution in [1.82, 2.24) is 9.80 Å². The summed E-state index contributed by atoms with van der Waals surface area (Å²) in [7, 11) is 2.18. The maximum atomic E-state index is 5.94. The molecule has 0 atom stereocenters. The molecule has 106 valence electrons. The number of hydrogen-bond donors (Lipinski definition) is 1. The number of aryl methyl sites for hydroxylation is 2. The van der Waals surface area contributed by atoms with E-state index in [1.807, 2.05) is 12.1 Å². The van der Waals surface area contributed by atoms with E-state index in [0.717, 1.165) is 61.9 Å². The molecule has 2 rings (SSSR count). The van der Waals surface area contributed by atoms with Crippen LogP contribution in [0.25, 0.3) is 0 Å². The fraction of sp³-hybridized carbons (Fsp3) is 0.600. The van der Waals surface area contributed by atoms with Crippen molar-refractivity contribution in [3.63, 3.8) is 0 Å². The van der Waals surface area contributed by atoms with Gasteiger partial charge < -0.3 is 15.4 Å². The van der Waals surface area contributed by atoms with Crippen molar-refractivity contribution in [2.45, 2.75) is 13.8 Å². The Balaban J connectivity index is 1.83. The third-order valence-corrected chi connectivity index (χ3v) is 3.73. The first-order valence-corrected chi connectivity index (χ1v) is 6.96. The Morgan fingerprint density at radius 1 is 1.11 bits per heavy atom. The first kappa shape index (κ1) is 14.2. The molecule has 4 nitrogen and oxygen atoms in total. The summed E-state index contributed by atoms with van der Waals surface area (Å²) >= 11 is 0. The molecule has 1 heterocycles. The highest BCUT2D eigenvalue weighted by atomic mass is 16.5. The number of benzene rings is 1. The molecule has 0 spiro atoms. The molecule has 0 unspecified atom stereocenters. The van der Waals surface area contributed by atoms with Gasteiger partial charge in [0.1, 0.15) is 12.4 Å². The molecule has 1 aliphatic heterocycles. The minimum Gasteiger partial charge on any atom is -0.492 e. The lowest BCUT2D eigenvalue weighted by atomic mass is 10.1. The first-order valence-electron chi connectivity index (χ1n) is 6.96. The molecule has 0 bridgehead atoms. The number of nitrogen functional groups attached to an aromatic ring is 1. The second-order valence-electron chi connectivity index (χ2n) is 5.48. The van der Waals surface area contributed by atoms with Gasteiger partial charge in [-0.05, 0) is 44.2 Å². The van der Waals surface area contributed by atoms with Crippen molar-refractivity contribution < 1.29 is 4.74 Å². The molecule has 1 aromatic carbocycles. The Hall–Kier alpha value is -1.26. The smallest absolute Gasteiger partial charge is 0.125 e. The molecule has 0 aliphatic carbocycles. The summed E-state index contributed by atoms with van der Waals surface area (Å²) in [5.74, 6) is 0.989. The summed E-state index contributed by atoms with van der Waals surface area (Å²) in [6.45, 7) is 10.4. The number of rotatable bonds is 4. The van der Waals surface area contributed by atoms with Crippen LogP contribution in [0.15, 0.2) is 12.1 Å². The second kappa shape index (κ2) is 6.26. The van der Waals surface area contributed by atoms with E-state index in [1.54, 1.807) is 0 Å². The van der Waals surface area contributed by atoms with Crippen LogP contribution < -0.4 is 10.5 Å². The molecule has 1 saturated heterocycles. The summed E-state index contributed by atoms with van der Waals surface area (Å²) in [6, 6.07) is 3.94. The average Bonchev–Trinajstić information content (AvgIpc) is 2.34. The minimum atomic E-state index is 0.745. The van der Waals surface area contributed by atoms with Gasteiger partial charge in [-0.25, -0.2) is 0 Å². The maximum Gasteiger partial charge on any atom is 0.125 e. The standard InChI is InChI=1S/C15H25N3O/c1-12-10-14(16)11-13(2)15(12)19-9-8-18-6-4-17(3)5-7-18/h10-11H,4-9,16H2,1-3H3. The van der Waals surface area contributed by atoms with Gasteiger partial charge in [0.15, 0.2) is 0 Å². The largest absolute Gasteiger partial charge is 0.492 e. The number of nitrogens with two attached hydrogens (primary N) is 1. The summed E-state index contributed by atoms with van der Waals surface area (Å²) < 4.78 is 5.94. The van der Waals surface area contributed by atoms with E-state index >= 15 is 0 Å². The molecular formula is C15H25N3O. The van der Waals surface area contributed by atoms with Crippen LogP contribution in [0.4, 0.5) is 5.69 Å². The summed E-state index contributed by atoms with van der Waals surface area (Å²) in [6.07, 6.45) is 0. The number of hydrogen-bond acceptors (Lipinski definition) is 4. The van der Waals surface area contributed by atoms with Crippen LogP contribution in [-0.2, 0) is 0 Å². The number of nitrogens with zero attached hydrogens (tertiary/aromatic N) is 2. The van der Waals surface area contributed by atoms with Gasteiger partial charge in [0.25, 0.3) is 0 Å². The normalized spacial score (nSPS) is 17.6. The topological polar surface area (TPSA) is 41.7 Å². The van der Waals surface area contributed by atoms with Crippen LogP contribution in [0, 0.1) is 13.8 Å². The quantitative estimate of drug-likeness (QED) is 0.836. The Morgan fingerprint density at radius 2 is 1.68 bits per heavy atom. The molecular weight excluding hydrogens is 238 g/mol. The van der Waals surface area contributed by atoms with Gasteiger partial charge in [-0.3, -0.25) is 4.90 Å². The molecule has 1 aliphatic rings. The molecule has 0 saturated carbocycles. The first-order chi connectivity index (χ1) is 9.06. The van der Waals surface area contributed by atoms with Crippen LogP contribution in [-0.4, -0.2) is 56.2 Å². The summed E-state index contributed by atoms with van der Waals surface area (Å²) in [4.78, 5) is 4.83. The van der Waals surface area contributed by atoms with Crippen LogP contribution in [0.1, 0.15) is 11.1 Å². The molecule has 1 aromatic rings. The van der Waals surface area contributed by atoms with Gasteiger partial charge in [-0.15, -0.1) is 0 Å². The van der Waals surface area contributed by atoms with Crippen molar-refractivity contribution in [1.29, 1.82) is 0 Å². The fourth-order valence-electron chi connectivity index (χ4n) is 2.56. The Morgan fingerprint density at radius 3 is 2.26 bits per heavy atom. The van der Waals surface area contributed by atoms with E-state index in [-0.39, 0.29) is 0 Å². The van der Waals surface area contributed by atoms with Gasteiger partial charge >= 0.3 is 0 Å². The highest BCUT2D eigenvalue weighted by Crippen LogP contribution is 2.25. The Bertz CT molecular complexity index is 402. The third kappa shape index (κ3) is 3.85. The predicted octanol–water partition coefficient (Wildman–Crippen LogP) is 1.51. The van der Waals surface area contributed by atoms with Crippen molar-refractivity contribution in [3.05, 3.63) is 23.3 Å². The number of likely N-dealkylation sites (N-methyl/N-ethyl adjacent to an activating group) is 1. The van der Waals surface area contributed by atoms with E-state index in [0.29, 0.717) is 0 Å². The molecule has 1 fully saturated rings. The zero-order valence-corrected chi connectivity index (χ0v) is 12.3. The maximum absolute atomic E-state index is 5.94. The SMILES string of the molecule is Cc1cc(N)cc(C)c1OCCN1CCN(C)CC1. The second-order valence-corrected chi connectivity index (χ2v) is 5.48. The van der Waals surface area contributed by atoms with E-state index in [9.17, 15) is 0 Å². The summed E-state index contributed by atoms with van der Waals surface area (Å²) in [5.41, 5.74) is 8.87. The van der Waals surface area contributed by atoms with Gasteiger partial charge in [-0.2, -0.15) is 0 Å². The zero-order chi connectivity index (χ0) is 13.8. The molecule has 0 aromatic heterocycles. The fourth-order valence-corrected chi connectivity index (χ4v) is 2.56. The van der Waals surface area contributed by atoms with E-state index in [1.165, 1.54) is 0 Å². The molecule has 4 heteroatoms. The number of anilines is 1. The Labute approximate surface area is 116 Å². The zero-order valence-electron chi connectivity index (χ0n) is 12.3. The van der Waals surface area contributed by atoms with Crippen LogP contribution in [0.3, 0.4) is 0 Å². The van der Waals surface area contributed by atoms with Gasteiger partial charge in [0.2, 0.25) is 0 Å². The highest BCUT2D eigenvalue weighted by molar-refractivity contribution is 5.52. The molecule has 0 amide bonds.